The maximum absolute atomic E-state index is 12.7. The predicted molar refractivity (Wildman–Crippen MR) is 103 cm³/mol. The molecule has 1 atom stereocenters. The minimum Gasteiger partial charge on any atom is -0.497 e. The number of anilines is 2. The molecular weight excluding hydrogens is 360 g/mol. The summed E-state index contributed by atoms with van der Waals surface area (Å²) < 4.78 is 12.5. The van der Waals surface area contributed by atoms with Gasteiger partial charge in [-0.25, -0.2) is 0 Å². The van der Waals surface area contributed by atoms with Crippen molar-refractivity contribution in [1.29, 1.82) is 0 Å². The van der Waals surface area contributed by atoms with E-state index in [2.05, 4.69) is 10.4 Å². The van der Waals surface area contributed by atoms with Gasteiger partial charge < -0.3 is 19.7 Å². The van der Waals surface area contributed by atoms with Crippen LogP contribution in [0, 0.1) is 5.92 Å². The number of rotatable bonds is 5. The third-order valence-corrected chi connectivity index (χ3v) is 5.29. The second-order valence-electron chi connectivity index (χ2n) is 7.15. The molecule has 2 fully saturated rings. The Morgan fingerprint density at radius 1 is 1.32 bits per heavy atom. The Morgan fingerprint density at radius 2 is 2.14 bits per heavy atom. The number of ether oxygens (including phenoxy) is 2. The Bertz CT molecular complexity index is 859. The highest BCUT2D eigenvalue weighted by Gasteiger charge is 2.35. The largest absolute Gasteiger partial charge is 0.497 e. The van der Waals surface area contributed by atoms with Gasteiger partial charge in [-0.15, -0.1) is 0 Å². The first-order valence-corrected chi connectivity index (χ1v) is 9.51. The Morgan fingerprint density at radius 3 is 2.93 bits per heavy atom. The first-order valence-electron chi connectivity index (χ1n) is 9.51. The molecule has 0 bridgehead atoms. The van der Waals surface area contributed by atoms with Crippen LogP contribution in [-0.2, 0) is 14.3 Å². The number of aromatic nitrogens is 2. The lowest BCUT2D eigenvalue weighted by Crippen LogP contribution is -2.28. The number of methoxy groups -OCH3 is 1. The van der Waals surface area contributed by atoms with Gasteiger partial charge in [0.25, 0.3) is 0 Å². The van der Waals surface area contributed by atoms with Crippen LogP contribution in [0.5, 0.6) is 5.75 Å². The van der Waals surface area contributed by atoms with Crippen molar-refractivity contribution in [3.8, 4) is 5.75 Å². The van der Waals surface area contributed by atoms with Gasteiger partial charge in [-0.05, 0) is 25.0 Å². The first-order chi connectivity index (χ1) is 13.6. The molecule has 2 saturated heterocycles. The fraction of sp³-hybridized carbons (Fsp3) is 0.450. The Balaban J connectivity index is 1.39. The summed E-state index contributed by atoms with van der Waals surface area (Å²) in [4.78, 5) is 26.7. The quantitative estimate of drug-likeness (QED) is 0.854. The van der Waals surface area contributed by atoms with E-state index in [4.69, 9.17) is 9.47 Å². The molecule has 8 heteroatoms. The second-order valence-corrected chi connectivity index (χ2v) is 7.15. The van der Waals surface area contributed by atoms with E-state index in [0.29, 0.717) is 24.0 Å². The Labute approximate surface area is 163 Å². The molecule has 0 saturated carbocycles. The molecule has 148 valence electrons. The van der Waals surface area contributed by atoms with Crippen molar-refractivity contribution in [1.82, 2.24) is 9.78 Å². The van der Waals surface area contributed by atoms with Gasteiger partial charge in [0.15, 0.2) is 0 Å². The van der Waals surface area contributed by atoms with Gasteiger partial charge in [-0.1, -0.05) is 6.07 Å². The van der Waals surface area contributed by atoms with Crippen LogP contribution in [0.2, 0.25) is 0 Å². The summed E-state index contributed by atoms with van der Waals surface area (Å²) in [6, 6.07) is 7.61. The summed E-state index contributed by atoms with van der Waals surface area (Å²) in [6.07, 6.45) is 5.54. The third kappa shape index (κ3) is 3.87. The lowest BCUT2D eigenvalue weighted by atomic mass is 10.1. The molecule has 28 heavy (non-hydrogen) atoms. The molecule has 2 amide bonds. The van der Waals surface area contributed by atoms with E-state index in [1.54, 1.807) is 24.3 Å². The molecule has 1 aromatic carbocycles. The van der Waals surface area contributed by atoms with Crippen molar-refractivity contribution >= 4 is 23.2 Å². The zero-order valence-corrected chi connectivity index (χ0v) is 15.8. The summed E-state index contributed by atoms with van der Waals surface area (Å²) in [5.74, 6) is 0.0560. The molecule has 4 rings (SSSR count). The molecule has 0 radical (unpaired) electrons. The highest BCUT2D eigenvalue weighted by atomic mass is 16.5. The molecule has 8 nitrogen and oxygen atoms in total. The highest BCUT2D eigenvalue weighted by molar-refractivity contribution is 6.03. The predicted octanol–water partition coefficient (Wildman–Crippen LogP) is 2.23. The molecule has 0 spiro atoms. The molecular formula is C20H24N4O4. The molecule has 3 heterocycles. The molecule has 0 aliphatic carbocycles. The molecule has 2 aliphatic rings. The summed E-state index contributed by atoms with van der Waals surface area (Å²) in [6.45, 7) is 1.82. The fourth-order valence-corrected chi connectivity index (χ4v) is 3.71. The molecule has 1 N–H and O–H groups in total. The molecule has 2 aliphatic heterocycles. The van der Waals surface area contributed by atoms with Gasteiger partial charge in [-0.3, -0.25) is 14.3 Å². The summed E-state index contributed by atoms with van der Waals surface area (Å²) in [5.41, 5.74) is 1.40. The van der Waals surface area contributed by atoms with Crippen LogP contribution in [-0.4, -0.2) is 48.5 Å². The average molecular weight is 384 g/mol. The fourth-order valence-electron chi connectivity index (χ4n) is 3.71. The monoisotopic (exact) mass is 384 g/mol. The number of amides is 2. The van der Waals surface area contributed by atoms with Gasteiger partial charge in [0, 0.05) is 44.1 Å². The SMILES string of the molecule is COc1cccc(N2CC(C(=O)Nc3cnn(C4CCOCC4)c3)CC2=O)c1. The standard InChI is InChI=1S/C20H24N4O4/c1-27-18-4-2-3-17(10-18)23-12-14(9-19(23)25)20(26)22-15-11-21-24(13-15)16-5-7-28-8-6-16/h2-4,10-11,13-14,16H,5-9,12H2,1H3,(H,22,26). The zero-order valence-electron chi connectivity index (χ0n) is 15.8. The van der Waals surface area contributed by atoms with Crippen molar-refractivity contribution in [2.45, 2.75) is 25.3 Å². The Hall–Kier alpha value is -2.87. The Kier molecular flexibility index (Phi) is 5.29. The summed E-state index contributed by atoms with van der Waals surface area (Å²) in [5, 5.41) is 7.27. The second kappa shape index (κ2) is 8.02. The van der Waals surface area contributed by atoms with E-state index < -0.39 is 5.92 Å². The van der Waals surface area contributed by atoms with Crippen molar-refractivity contribution in [2.75, 3.05) is 37.1 Å². The average Bonchev–Trinajstić information content (AvgIpc) is 3.35. The number of benzene rings is 1. The number of hydrogen-bond acceptors (Lipinski definition) is 5. The van der Waals surface area contributed by atoms with Gasteiger partial charge >= 0.3 is 0 Å². The maximum Gasteiger partial charge on any atom is 0.229 e. The van der Waals surface area contributed by atoms with Crippen LogP contribution in [0.25, 0.3) is 0 Å². The van der Waals surface area contributed by atoms with E-state index in [1.165, 1.54) is 0 Å². The number of carbonyl (C=O) groups is 2. The van der Waals surface area contributed by atoms with E-state index in [1.807, 2.05) is 29.1 Å². The maximum atomic E-state index is 12.7. The van der Waals surface area contributed by atoms with E-state index in [-0.39, 0.29) is 18.2 Å². The number of carbonyl (C=O) groups excluding carboxylic acids is 2. The van der Waals surface area contributed by atoms with E-state index >= 15 is 0 Å². The topological polar surface area (TPSA) is 85.7 Å². The minimum atomic E-state index is -0.398. The lowest BCUT2D eigenvalue weighted by molar-refractivity contribution is -0.122. The lowest BCUT2D eigenvalue weighted by Gasteiger charge is -2.22. The third-order valence-electron chi connectivity index (χ3n) is 5.29. The van der Waals surface area contributed by atoms with Crippen LogP contribution in [0.4, 0.5) is 11.4 Å². The number of hydrogen-bond donors (Lipinski definition) is 1. The zero-order chi connectivity index (χ0) is 19.5. The highest BCUT2D eigenvalue weighted by Crippen LogP contribution is 2.29. The first kappa shape index (κ1) is 18.5. The van der Waals surface area contributed by atoms with Crippen molar-refractivity contribution < 1.29 is 19.1 Å². The van der Waals surface area contributed by atoms with Crippen LogP contribution in [0.15, 0.2) is 36.7 Å². The number of nitrogens with one attached hydrogen (secondary N) is 1. The van der Waals surface area contributed by atoms with Crippen LogP contribution in [0.1, 0.15) is 25.3 Å². The molecule has 2 aromatic rings. The van der Waals surface area contributed by atoms with Crippen molar-refractivity contribution in [3.63, 3.8) is 0 Å². The smallest absolute Gasteiger partial charge is 0.229 e. The summed E-state index contributed by atoms with van der Waals surface area (Å²) >= 11 is 0. The molecule has 1 unspecified atom stereocenters. The van der Waals surface area contributed by atoms with Gasteiger partial charge in [0.05, 0.1) is 31.0 Å². The van der Waals surface area contributed by atoms with Crippen molar-refractivity contribution in [3.05, 3.63) is 36.7 Å². The van der Waals surface area contributed by atoms with Gasteiger partial charge in [0.2, 0.25) is 11.8 Å². The van der Waals surface area contributed by atoms with Crippen molar-refractivity contribution in [2.24, 2.45) is 5.92 Å². The van der Waals surface area contributed by atoms with E-state index in [9.17, 15) is 9.59 Å². The minimum absolute atomic E-state index is 0.0636. The summed E-state index contributed by atoms with van der Waals surface area (Å²) in [7, 11) is 1.58. The van der Waals surface area contributed by atoms with Gasteiger partial charge in [0.1, 0.15) is 5.75 Å². The van der Waals surface area contributed by atoms with Crippen LogP contribution >= 0.6 is 0 Å². The van der Waals surface area contributed by atoms with E-state index in [0.717, 1.165) is 31.7 Å². The van der Waals surface area contributed by atoms with Crippen LogP contribution in [0.3, 0.4) is 0 Å². The van der Waals surface area contributed by atoms with Crippen LogP contribution < -0.4 is 15.0 Å². The molecule has 1 aromatic heterocycles. The normalized spacial score (nSPS) is 20.4. The number of nitrogens with zero attached hydrogens (tertiary/aromatic N) is 3. The van der Waals surface area contributed by atoms with Gasteiger partial charge in [-0.2, -0.15) is 5.10 Å².